The Morgan fingerprint density at radius 2 is 2.17 bits per heavy atom. The number of hydrogen-bond acceptors (Lipinski definition) is 6. The Morgan fingerprint density at radius 1 is 1.37 bits per heavy atom. The summed E-state index contributed by atoms with van der Waals surface area (Å²) in [5, 5.41) is 7.98. The quantitative estimate of drug-likeness (QED) is 0.407. The summed E-state index contributed by atoms with van der Waals surface area (Å²) < 4.78 is 10.5. The van der Waals surface area contributed by atoms with Gasteiger partial charge in [0.05, 0.1) is 19.1 Å². The van der Waals surface area contributed by atoms with Gasteiger partial charge in [0, 0.05) is 36.6 Å². The Balaban J connectivity index is 1.55. The maximum atomic E-state index is 11.9. The molecule has 8 nitrogen and oxygen atoms in total. The summed E-state index contributed by atoms with van der Waals surface area (Å²) in [5.74, 6) is 1.78. The van der Waals surface area contributed by atoms with E-state index in [0.29, 0.717) is 36.3 Å². The maximum Gasteiger partial charge on any atom is 0.309 e. The number of benzene rings is 1. The van der Waals surface area contributed by atoms with Crippen molar-refractivity contribution in [3.05, 3.63) is 35.2 Å². The second-order valence-corrected chi connectivity index (χ2v) is 7.46. The van der Waals surface area contributed by atoms with Crippen LogP contribution in [0.1, 0.15) is 32.6 Å². The van der Waals surface area contributed by atoms with E-state index in [1.54, 1.807) is 12.1 Å². The summed E-state index contributed by atoms with van der Waals surface area (Å²) in [7, 11) is 0. The molecule has 0 bridgehead atoms. The fraction of sp³-hybridized carbons (Fsp3) is 0.524. The number of esters is 1. The Morgan fingerprint density at radius 3 is 2.87 bits per heavy atom. The molecule has 0 aliphatic carbocycles. The highest BCUT2D eigenvalue weighted by atomic mass is 35.5. The molecule has 1 aliphatic heterocycles. The van der Waals surface area contributed by atoms with E-state index in [0.717, 1.165) is 44.0 Å². The largest absolute Gasteiger partial charge is 0.466 e. The number of hydrogen-bond donors (Lipinski definition) is 1. The lowest BCUT2D eigenvalue weighted by Crippen LogP contribution is -2.46. The molecule has 162 valence electrons. The Bertz CT molecular complexity index is 862. The van der Waals surface area contributed by atoms with Gasteiger partial charge in [0.15, 0.2) is 5.96 Å². The monoisotopic (exact) mass is 433 g/mol. The minimum atomic E-state index is -0.0917. The lowest BCUT2D eigenvalue weighted by atomic mass is 9.97. The topological polar surface area (TPSA) is 92.9 Å². The number of halogens is 1. The smallest absolute Gasteiger partial charge is 0.309 e. The molecular formula is C21H28ClN5O3. The highest BCUT2D eigenvalue weighted by molar-refractivity contribution is 6.30. The molecule has 0 atom stereocenters. The average Bonchev–Trinajstić information content (AvgIpc) is 3.22. The lowest BCUT2D eigenvalue weighted by molar-refractivity contribution is -0.149. The highest BCUT2D eigenvalue weighted by Crippen LogP contribution is 2.20. The standard InChI is InChI=1S/C21H28ClN5O3/c1-3-23-21(27-12-9-15(10-13-27)20(28)29-4-2)24-11-8-18-25-19(26-30-18)16-6-5-7-17(22)14-16/h5-7,14-15H,3-4,8-13H2,1-2H3,(H,23,24). The molecule has 1 saturated heterocycles. The van der Waals surface area contributed by atoms with Crippen molar-refractivity contribution in [3.8, 4) is 11.4 Å². The summed E-state index contributed by atoms with van der Waals surface area (Å²) in [5.41, 5.74) is 0.818. The van der Waals surface area contributed by atoms with Crippen LogP contribution in [-0.4, -0.2) is 59.8 Å². The molecule has 0 spiro atoms. The zero-order valence-corrected chi connectivity index (χ0v) is 18.2. The Kier molecular flexibility index (Phi) is 8.07. The Labute approximate surface area is 181 Å². The fourth-order valence-corrected chi connectivity index (χ4v) is 3.56. The molecule has 0 amide bonds. The van der Waals surface area contributed by atoms with Gasteiger partial charge in [-0.3, -0.25) is 9.79 Å². The molecule has 0 saturated carbocycles. The minimum absolute atomic E-state index is 0.0209. The van der Waals surface area contributed by atoms with Crippen LogP contribution in [0.4, 0.5) is 0 Å². The van der Waals surface area contributed by atoms with Crippen LogP contribution < -0.4 is 5.32 Å². The van der Waals surface area contributed by atoms with E-state index in [2.05, 4.69) is 20.4 Å². The molecule has 0 unspecified atom stereocenters. The molecule has 30 heavy (non-hydrogen) atoms. The number of piperidine rings is 1. The summed E-state index contributed by atoms with van der Waals surface area (Å²) in [6.07, 6.45) is 2.09. The summed E-state index contributed by atoms with van der Waals surface area (Å²) in [6, 6.07) is 7.35. The highest BCUT2D eigenvalue weighted by Gasteiger charge is 2.27. The molecule has 1 aromatic heterocycles. The van der Waals surface area contributed by atoms with Crippen LogP contribution in [-0.2, 0) is 16.0 Å². The first kappa shape index (κ1) is 22.1. The molecule has 9 heteroatoms. The number of guanidine groups is 1. The third-order valence-corrected chi connectivity index (χ3v) is 5.12. The second kappa shape index (κ2) is 11.0. The summed E-state index contributed by atoms with van der Waals surface area (Å²) in [6.45, 7) is 7.15. The van der Waals surface area contributed by atoms with Gasteiger partial charge in [0.1, 0.15) is 0 Å². The zero-order chi connectivity index (χ0) is 21.3. The zero-order valence-electron chi connectivity index (χ0n) is 17.4. The van der Waals surface area contributed by atoms with Gasteiger partial charge in [-0.1, -0.05) is 28.9 Å². The third-order valence-electron chi connectivity index (χ3n) is 4.89. The van der Waals surface area contributed by atoms with E-state index >= 15 is 0 Å². The third kappa shape index (κ3) is 5.95. The van der Waals surface area contributed by atoms with Gasteiger partial charge >= 0.3 is 5.97 Å². The van der Waals surface area contributed by atoms with Gasteiger partial charge in [0.25, 0.3) is 0 Å². The van der Waals surface area contributed by atoms with Crippen molar-refractivity contribution in [3.63, 3.8) is 0 Å². The number of nitrogens with zero attached hydrogens (tertiary/aromatic N) is 4. The van der Waals surface area contributed by atoms with Gasteiger partial charge in [-0.15, -0.1) is 0 Å². The first-order valence-corrected chi connectivity index (χ1v) is 10.8. The number of carbonyl (C=O) groups excluding carboxylic acids is 1. The summed E-state index contributed by atoms with van der Waals surface area (Å²) in [4.78, 5) is 23.3. The predicted molar refractivity (Wildman–Crippen MR) is 115 cm³/mol. The number of ether oxygens (including phenoxy) is 1. The van der Waals surface area contributed by atoms with Crippen LogP contribution in [0.2, 0.25) is 5.02 Å². The fourth-order valence-electron chi connectivity index (χ4n) is 3.37. The number of carbonyl (C=O) groups is 1. The molecule has 2 heterocycles. The van der Waals surface area contributed by atoms with Crippen LogP contribution in [0.3, 0.4) is 0 Å². The van der Waals surface area contributed by atoms with Crippen molar-refractivity contribution in [1.82, 2.24) is 20.4 Å². The first-order chi connectivity index (χ1) is 14.6. The molecule has 2 aromatic rings. The van der Waals surface area contributed by atoms with Crippen molar-refractivity contribution < 1.29 is 14.1 Å². The van der Waals surface area contributed by atoms with Crippen LogP contribution in [0.5, 0.6) is 0 Å². The van der Waals surface area contributed by atoms with Crippen molar-refractivity contribution in [2.75, 3.05) is 32.8 Å². The van der Waals surface area contributed by atoms with Gasteiger partial charge in [-0.25, -0.2) is 0 Å². The number of aliphatic imine (C=N–C) groups is 1. The van der Waals surface area contributed by atoms with Crippen LogP contribution in [0, 0.1) is 5.92 Å². The summed E-state index contributed by atoms with van der Waals surface area (Å²) >= 11 is 6.02. The molecular weight excluding hydrogens is 406 g/mol. The molecule has 0 radical (unpaired) electrons. The Hall–Kier alpha value is -2.61. The van der Waals surface area contributed by atoms with E-state index in [4.69, 9.17) is 25.9 Å². The number of rotatable bonds is 7. The van der Waals surface area contributed by atoms with Crippen LogP contribution in [0.15, 0.2) is 33.8 Å². The van der Waals surface area contributed by atoms with Gasteiger partial charge < -0.3 is 19.5 Å². The maximum absolute atomic E-state index is 11.9. The molecule has 1 N–H and O–H groups in total. The number of nitrogens with one attached hydrogen (secondary N) is 1. The van der Waals surface area contributed by atoms with Gasteiger partial charge in [-0.05, 0) is 38.8 Å². The van der Waals surface area contributed by atoms with E-state index in [1.807, 2.05) is 26.0 Å². The molecule has 1 fully saturated rings. The lowest BCUT2D eigenvalue weighted by Gasteiger charge is -2.33. The molecule has 3 rings (SSSR count). The number of aromatic nitrogens is 2. The normalized spacial score (nSPS) is 15.3. The average molecular weight is 434 g/mol. The van der Waals surface area contributed by atoms with Crippen molar-refractivity contribution in [2.45, 2.75) is 33.1 Å². The van der Waals surface area contributed by atoms with Crippen molar-refractivity contribution >= 4 is 23.5 Å². The van der Waals surface area contributed by atoms with E-state index < -0.39 is 0 Å². The van der Waals surface area contributed by atoms with Crippen molar-refractivity contribution in [2.24, 2.45) is 10.9 Å². The molecule has 1 aliphatic rings. The van der Waals surface area contributed by atoms with Crippen LogP contribution in [0.25, 0.3) is 11.4 Å². The van der Waals surface area contributed by atoms with Gasteiger partial charge in [0.2, 0.25) is 11.7 Å². The van der Waals surface area contributed by atoms with Crippen LogP contribution >= 0.6 is 11.6 Å². The van der Waals surface area contributed by atoms with E-state index in [-0.39, 0.29) is 11.9 Å². The minimum Gasteiger partial charge on any atom is -0.466 e. The molecule has 1 aromatic carbocycles. The SMILES string of the molecule is CCNC(=NCCc1nc(-c2cccc(Cl)c2)no1)N1CCC(C(=O)OCC)CC1. The first-order valence-electron chi connectivity index (χ1n) is 10.4. The number of likely N-dealkylation sites (tertiary alicyclic amines) is 1. The van der Waals surface area contributed by atoms with Crippen molar-refractivity contribution in [1.29, 1.82) is 0 Å². The second-order valence-electron chi connectivity index (χ2n) is 7.02. The van der Waals surface area contributed by atoms with E-state index in [9.17, 15) is 4.79 Å². The van der Waals surface area contributed by atoms with Gasteiger partial charge in [-0.2, -0.15) is 4.98 Å². The predicted octanol–water partition coefficient (Wildman–Crippen LogP) is 3.17. The van der Waals surface area contributed by atoms with E-state index in [1.165, 1.54) is 0 Å².